The Morgan fingerprint density at radius 3 is 3.00 bits per heavy atom. The molecule has 0 unspecified atom stereocenters. The van der Waals surface area contributed by atoms with Crippen LogP contribution in [0, 0.1) is 12.3 Å². The average molecular weight is 176 g/mol. The zero-order valence-corrected chi connectivity index (χ0v) is 7.02. The maximum absolute atomic E-state index is 10.6. The lowest BCUT2D eigenvalue weighted by Gasteiger charge is -2.04. The van der Waals surface area contributed by atoms with Crippen LogP contribution in [-0.2, 0) is 4.74 Å². The van der Waals surface area contributed by atoms with Crippen molar-refractivity contribution in [2.45, 2.75) is 12.3 Å². The molecule has 62 valence electrons. The van der Waals surface area contributed by atoms with Gasteiger partial charge in [0.25, 0.3) is 0 Å². The Morgan fingerprint density at radius 1 is 1.91 bits per heavy atom. The van der Waals surface area contributed by atoms with Crippen LogP contribution in [0.1, 0.15) is 6.92 Å². The van der Waals surface area contributed by atoms with Crippen molar-refractivity contribution >= 4 is 17.7 Å². The molecule has 4 heteroatoms. The van der Waals surface area contributed by atoms with Gasteiger partial charge in [0.05, 0.1) is 6.61 Å². The molecule has 11 heavy (non-hydrogen) atoms. The molecular weight excluding hydrogens is 166 g/mol. The largest absolute Gasteiger partial charge is 0.450 e. The number of carbonyl (C=O) groups is 1. The van der Waals surface area contributed by atoms with Crippen molar-refractivity contribution in [1.29, 1.82) is 0 Å². The molecule has 0 saturated carbocycles. The summed E-state index contributed by atoms with van der Waals surface area (Å²) in [6, 6.07) is 0. The molecule has 0 aromatic heterocycles. The van der Waals surface area contributed by atoms with Crippen LogP contribution in [0.5, 0.6) is 0 Å². The van der Waals surface area contributed by atoms with E-state index < -0.39 is 11.5 Å². The molecule has 0 aromatic rings. The fraction of sp³-hybridized carbons (Fsp3) is 0.571. The summed E-state index contributed by atoms with van der Waals surface area (Å²) in [5.41, 5.74) is 0. The molecule has 1 N–H and O–H groups in total. The number of carbonyl (C=O) groups excluding carboxylic acids is 1. The third kappa shape index (κ3) is 5.56. The van der Waals surface area contributed by atoms with E-state index in [4.69, 9.17) is 18.0 Å². The van der Waals surface area contributed by atoms with Crippen molar-refractivity contribution in [2.24, 2.45) is 0 Å². The first kappa shape index (κ1) is 10.1. The molecule has 0 aromatic carbocycles. The van der Waals surface area contributed by atoms with E-state index in [2.05, 4.69) is 16.0 Å². The van der Waals surface area contributed by atoms with E-state index in [1.807, 2.05) is 0 Å². The van der Waals surface area contributed by atoms with E-state index >= 15 is 0 Å². The Hall–Kier alpha value is -0.880. The summed E-state index contributed by atoms with van der Waals surface area (Å²) < 4.78 is 4.56. The van der Waals surface area contributed by atoms with E-state index in [1.165, 1.54) is 0 Å². The predicted octanol–water partition coefficient (Wildman–Crippen LogP) is 0.973. The van der Waals surface area contributed by atoms with Crippen LogP contribution in [0.3, 0.4) is 0 Å². The number of nitrogens with one attached hydrogen (secondary N) is 1. The standard InChI is InChI=1S/C7H10ClNO2/c1-3-6(8)5-9-7(10)11-4-2/h1,6H,4-5H2,2H3,(H,9,10)/t6-/m0/s1. The zero-order chi connectivity index (χ0) is 8.69. The predicted molar refractivity (Wildman–Crippen MR) is 43.5 cm³/mol. The fourth-order valence-electron chi connectivity index (χ4n) is 0.414. The molecule has 0 radical (unpaired) electrons. The highest BCUT2D eigenvalue weighted by atomic mass is 35.5. The number of halogens is 1. The van der Waals surface area contributed by atoms with E-state index in [-0.39, 0.29) is 6.54 Å². The Labute approximate surface area is 71.1 Å². The van der Waals surface area contributed by atoms with Crippen LogP contribution < -0.4 is 5.32 Å². The van der Waals surface area contributed by atoms with Crippen LogP contribution >= 0.6 is 11.6 Å². The normalized spacial score (nSPS) is 11.4. The minimum atomic E-state index is -0.492. The van der Waals surface area contributed by atoms with Gasteiger partial charge in [0.1, 0.15) is 5.38 Å². The van der Waals surface area contributed by atoms with Crippen molar-refractivity contribution in [3.63, 3.8) is 0 Å². The molecule has 0 spiro atoms. The summed E-state index contributed by atoms with van der Waals surface area (Å²) in [6.45, 7) is 2.30. The van der Waals surface area contributed by atoms with Gasteiger partial charge >= 0.3 is 6.09 Å². The second-order valence-electron chi connectivity index (χ2n) is 1.74. The minimum absolute atomic E-state index is 0.233. The van der Waals surface area contributed by atoms with Crippen molar-refractivity contribution < 1.29 is 9.53 Å². The topological polar surface area (TPSA) is 38.3 Å². The van der Waals surface area contributed by atoms with E-state index in [0.717, 1.165) is 0 Å². The molecule has 0 aliphatic rings. The van der Waals surface area contributed by atoms with Crippen molar-refractivity contribution in [2.75, 3.05) is 13.2 Å². The first-order valence-corrected chi connectivity index (χ1v) is 3.65. The van der Waals surface area contributed by atoms with Crippen molar-refractivity contribution in [1.82, 2.24) is 5.32 Å². The number of alkyl carbamates (subject to hydrolysis) is 1. The highest BCUT2D eigenvalue weighted by Crippen LogP contribution is 1.89. The van der Waals surface area contributed by atoms with Crippen LogP contribution in [0.15, 0.2) is 0 Å². The van der Waals surface area contributed by atoms with Gasteiger partial charge in [0, 0.05) is 6.54 Å². The molecule has 0 fully saturated rings. The number of terminal acetylenes is 1. The molecule has 0 rings (SSSR count). The van der Waals surface area contributed by atoms with Crippen molar-refractivity contribution in [3.8, 4) is 12.3 Å². The lowest BCUT2D eigenvalue weighted by Crippen LogP contribution is -2.29. The molecule has 0 saturated heterocycles. The summed E-state index contributed by atoms with van der Waals surface area (Å²) in [6.07, 6.45) is 4.47. The minimum Gasteiger partial charge on any atom is -0.450 e. The number of alkyl halides is 1. The van der Waals surface area contributed by atoms with Gasteiger partial charge in [-0.25, -0.2) is 4.79 Å². The van der Waals surface area contributed by atoms with Gasteiger partial charge in [0.15, 0.2) is 0 Å². The van der Waals surface area contributed by atoms with Crippen LogP contribution in [0.2, 0.25) is 0 Å². The van der Waals surface area contributed by atoms with Gasteiger partial charge in [-0.05, 0) is 6.92 Å². The van der Waals surface area contributed by atoms with Crippen molar-refractivity contribution in [3.05, 3.63) is 0 Å². The van der Waals surface area contributed by atoms with Gasteiger partial charge in [-0.2, -0.15) is 0 Å². The Morgan fingerprint density at radius 2 is 2.55 bits per heavy atom. The van der Waals surface area contributed by atoms with Gasteiger partial charge in [0.2, 0.25) is 0 Å². The third-order valence-corrected chi connectivity index (χ3v) is 1.16. The van der Waals surface area contributed by atoms with Crippen LogP contribution in [0.25, 0.3) is 0 Å². The summed E-state index contributed by atoms with van der Waals surface area (Å²) >= 11 is 5.50. The number of hydrogen-bond donors (Lipinski definition) is 1. The maximum Gasteiger partial charge on any atom is 0.407 e. The molecule has 0 aliphatic carbocycles. The number of hydrogen-bond acceptors (Lipinski definition) is 2. The van der Waals surface area contributed by atoms with Gasteiger partial charge in [-0.3, -0.25) is 0 Å². The van der Waals surface area contributed by atoms with Crippen LogP contribution in [-0.4, -0.2) is 24.6 Å². The summed E-state index contributed by atoms with van der Waals surface area (Å²) in [5.74, 6) is 2.26. The first-order valence-electron chi connectivity index (χ1n) is 3.21. The van der Waals surface area contributed by atoms with E-state index in [9.17, 15) is 4.79 Å². The third-order valence-electron chi connectivity index (χ3n) is 0.882. The molecular formula is C7H10ClNO2. The highest BCUT2D eigenvalue weighted by molar-refractivity contribution is 6.22. The Balaban J connectivity index is 3.39. The highest BCUT2D eigenvalue weighted by Gasteiger charge is 2.02. The van der Waals surface area contributed by atoms with E-state index in [1.54, 1.807) is 6.92 Å². The van der Waals surface area contributed by atoms with E-state index in [0.29, 0.717) is 6.61 Å². The lowest BCUT2D eigenvalue weighted by atomic mass is 10.4. The number of amides is 1. The SMILES string of the molecule is C#C[C@H](Cl)CNC(=O)OCC. The molecule has 0 bridgehead atoms. The Bertz CT molecular complexity index is 164. The number of ether oxygens (including phenoxy) is 1. The summed E-state index contributed by atoms with van der Waals surface area (Å²) in [5, 5.41) is 1.93. The second kappa shape index (κ2) is 5.87. The number of rotatable bonds is 3. The van der Waals surface area contributed by atoms with Gasteiger partial charge in [-0.15, -0.1) is 18.0 Å². The van der Waals surface area contributed by atoms with Gasteiger partial charge < -0.3 is 10.1 Å². The summed E-state index contributed by atoms with van der Waals surface area (Å²) in [7, 11) is 0. The first-order chi connectivity index (χ1) is 5.20. The monoisotopic (exact) mass is 175 g/mol. The average Bonchev–Trinajstić information content (AvgIpc) is 2.01. The quantitative estimate of drug-likeness (QED) is 0.513. The fourth-order valence-corrected chi connectivity index (χ4v) is 0.491. The second-order valence-corrected chi connectivity index (χ2v) is 2.26. The summed E-state index contributed by atoms with van der Waals surface area (Å²) in [4.78, 5) is 10.6. The smallest absolute Gasteiger partial charge is 0.407 e. The molecule has 1 amide bonds. The molecule has 1 atom stereocenters. The maximum atomic E-state index is 10.6. The molecule has 3 nitrogen and oxygen atoms in total. The zero-order valence-electron chi connectivity index (χ0n) is 6.26. The lowest BCUT2D eigenvalue weighted by molar-refractivity contribution is 0.152. The van der Waals surface area contributed by atoms with Gasteiger partial charge in [-0.1, -0.05) is 5.92 Å². The Kier molecular flexibility index (Phi) is 5.40. The molecule has 0 heterocycles. The molecule has 0 aliphatic heterocycles. The van der Waals surface area contributed by atoms with Crippen LogP contribution in [0.4, 0.5) is 4.79 Å².